The summed E-state index contributed by atoms with van der Waals surface area (Å²) in [4.78, 5) is 14.6. The first-order chi connectivity index (χ1) is 6.14. The molecule has 1 amide bonds. The van der Waals surface area contributed by atoms with Crippen LogP contribution in [-0.2, 0) is 4.74 Å². The third-order valence-corrected chi connectivity index (χ3v) is 3.09. The zero-order valence-electron chi connectivity index (χ0n) is 7.82. The first kappa shape index (κ1) is 8.87. The Morgan fingerprint density at radius 1 is 1.46 bits per heavy atom. The normalized spacial score (nSPS) is 28.1. The highest BCUT2D eigenvalue weighted by molar-refractivity contribution is 6.14. The van der Waals surface area contributed by atoms with Crippen molar-refractivity contribution in [3.63, 3.8) is 0 Å². The summed E-state index contributed by atoms with van der Waals surface area (Å²) in [7, 11) is 7.75. The molecule has 2 radical (unpaired) electrons. The minimum Gasteiger partial charge on any atom is -0.448 e. The van der Waals surface area contributed by atoms with Gasteiger partial charge in [0.15, 0.2) is 0 Å². The fraction of sp³-hybridized carbons (Fsp3) is 0.875. The van der Waals surface area contributed by atoms with Crippen LogP contribution in [0.25, 0.3) is 0 Å². The maximum Gasteiger partial charge on any atom is 0.397 e. The van der Waals surface area contributed by atoms with E-state index in [-0.39, 0.29) is 11.6 Å². The highest BCUT2D eigenvalue weighted by atomic mass is 16.6. The van der Waals surface area contributed by atoms with Crippen LogP contribution in [0, 0.1) is 0 Å². The first-order valence-corrected chi connectivity index (χ1v) is 4.54. The van der Waals surface area contributed by atoms with Crippen LogP contribution >= 0.6 is 0 Å². The molecule has 0 saturated carbocycles. The molecule has 2 saturated heterocycles. The topological polar surface area (TPSA) is 32.8 Å². The summed E-state index contributed by atoms with van der Waals surface area (Å²) in [5, 5.41) is 0. The quantitative estimate of drug-likeness (QED) is 0.491. The number of hydrogen-bond donors (Lipinski definition) is 0. The van der Waals surface area contributed by atoms with Crippen LogP contribution < -0.4 is 0 Å². The predicted octanol–water partition coefficient (Wildman–Crippen LogP) is -0.0135. The van der Waals surface area contributed by atoms with Crippen LogP contribution in [0.15, 0.2) is 0 Å². The third-order valence-electron chi connectivity index (χ3n) is 3.09. The SMILES string of the molecule is [B]N1C(=O)OCC12CCN(C)CC2. The lowest BCUT2D eigenvalue weighted by molar-refractivity contribution is 0.123. The van der Waals surface area contributed by atoms with Crippen LogP contribution in [-0.4, -0.2) is 56.1 Å². The molecule has 0 aromatic heterocycles. The number of carbonyl (C=O) groups is 1. The molecule has 2 fully saturated rings. The Bertz CT molecular complexity index is 226. The van der Waals surface area contributed by atoms with E-state index in [9.17, 15) is 4.79 Å². The van der Waals surface area contributed by atoms with Crippen molar-refractivity contribution in [2.24, 2.45) is 0 Å². The van der Waals surface area contributed by atoms with E-state index in [1.54, 1.807) is 0 Å². The molecule has 0 atom stereocenters. The fourth-order valence-corrected chi connectivity index (χ4v) is 1.95. The standard InChI is InChI=1S/C8H13BN2O2/c1-10-4-2-8(3-5-10)6-13-7(12)11(8)9/h2-6H2,1H3. The van der Waals surface area contributed by atoms with Crippen molar-refractivity contribution < 1.29 is 9.53 Å². The van der Waals surface area contributed by atoms with Crippen LogP contribution in [0.3, 0.4) is 0 Å². The van der Waals surface area contributed by atoms with Crippen molar-refractivity contribution in [2.45, 2.75) is 18.4 Å². The largest absolute Gasteiger partial charge is 0.448 e. The first-order valence-electron chi connectivity index (χ1n) is 4.54. The molecule has 0 aliphatic carbocycles. The number of carbonyl (C=O) groups excluding carboxylic acids is 1. The Morgan fingerprint density at radius 3 is 2.54 bits per heavy atom. The molecule has 13 heavy (non-hydrogen) atoms. The van der Waals surface area contributed by atoms with Gasteiger partial charge in [0.1, 0.15) is 6.61 Å². The van der Waals surface area contributed by atoms with Crippen molar-refractivity contribution in [1.82, 2.24) is 9.71 Å². The van der Waals surface area contributed by atoms with E-state index in [1.807, 2.05) is 0 Å². The lowest BCUT2D eigenvalue weighted by Gasteiger charge is -2.40. The average Bonchev–Trinajstić information content (AvgIpc) is 2.40. The number of piperidine rings is 1. The van der Waals surface area contributed by atoms with E-state index in [0.29, 0.717) is 6.61 Å². The van der Waals surface area contributed by atoms with Crippen molar-refractivity contribution >= 4 is 14.1 Å². The average molecular weight is 180 g/mol. The number of cyclic esters (lactones) is 1. The van der Waals surface area contributed by atoms with Crippen LogP contribution in [0.2, 0.25) is 0 Å². The van der Waals surface area contributed by atoms with E-state index in [4.69, 9.17) is 12.7 Å². The van der Waals surface area contributed by atoms with Gasteiger partial charge in [-0.2, -0.15) is 0 Å². The monoisotopic (exact) mass is 180 g/mol. The molecule has 0 bridgehead atoms. The summed E-state index contributed by atoms with van der Waals surface area (Å²) in [5.74, 6) is 0. The van der Waals surface area contributed by atoms with Gasteiger partial charge in [-0.3, -0.25) is 0 Å². The van der Waals surface area contributed by atoms with E-state index in [1.165, 1.54) is 4.81 Å². The van der Waals surface area contributed by atoms with Crippen molar-refractivity contribution in [3.8, 4) is 0 Å². The Hall–Kier alpha value is -0.705. The third kappa shape index (κ3) is 1.31. The van der Waals surface area contributed by atoms with Crippen LogP contribution in [0.1, 0.15) is 12.8 Å². The van der Waals surface area contributed by atoms with Gasteiger partial charge in [-0.05, 0) is 19.9 Å². The summed E-state index contributed by atoms with van der Waals surface area (Å²) >= 11 is 0. The molecule has 0 aromatic rings. The molecule has 2 rings (SSSR count). The minimum atomic E-state index is -0.385. The molecule has 0 N–H and O–H groups in total. The summed E-state index contributed by atoms with van der Waals surface area (Å²) < 4.78 is 4.94. The van der Waals surface area contributed by atoms with Gasteiger partial charge in [0.2, 0.25) is 7.98 Å². The highest BCUT2D eigenvalue weighted by Crippen LogP contribution is 2.32. The maximum absolute atomic E-state index is 11.1. The van der Waals surface area contributed by atoms with Crippen molar-refractivity contribution in [1.29, 1.82) is 0 Å². The highest BCUT2D eigenvalue weighted by Gasteiger charge is 2.45. The lowest BCUT2D eigenvalue weighted by atomic mass is 9.85. The molecule has 1 spiro atoms. The van der Waals surface area contributed by atoms with Crippen LogP contribution in [0.4, 0.5) is 4.79 Å². The van der Waals surface area contributed by atoms with E-state index >= 15 is 0 Å². The number of amides is 1. The van der Waals surface area contributed by atoms with Gasteiger partial charge in [-0.1, -0.05) is 0 Å². The molecule has 70 valence electrons. The van der Waals surface area contributed by atoms with Gasteiger partial charge < -0.3 is 14.4 Å². The lowest BCUT2D eigenvalue weighted by Crippen LogP contribution is -2.52. The summed E-state index contributed by atoms with van der Waals surface area (Å²) in [6.45, 7) is 2.41. The molecule has 4 nitrogen and oxygen atoms in total. The van der Waals surface area contributed by atoms with Crippen molar-refractivity contribution in [2.75, 3.05) is 26.7 Å². The second kappa shape index (κ2) is 2.91. The molecule has 2 aliphatic rings. The maximum atomic E-state index is 11.1. The molecule has 5 heteroatoms. The van der Waals surface area contributed by atoms with Gasteiger partial charge >= 0.3 is 6.09 Å². The van der Waals surface area contributed by atoms with E-state index in [2.05, 4.69) is 11.9 Å². The summed E-state index contributed by atoms with van der Waals surface area (Å²) in [6, 6.07) is 0. The molecule has 0 unspecified atom stereocenters. The van der Waals surface area contributed by atoms with E-state index in [0.717, 1.165) is 25.9 Å². The van der Waals surface area contributed by atoms with E-state index < -0.39 is 0 Å². The number of rotatable bonds is 0. The molecule has 2 aliphatic heterocycles. The molecular formula is C8H13BN2O2. The summed E-state index contributed by atoms with van der Waals surface area (Å²) in [6.07, 6.45) is 1.43. The molecular weight excluding hydrogens is 167 g/mol. The van der Waals surface area contributed by atoms with Crippen molar-refractivity contribution in [3.05, 3.63) is 0 Å². The number of hydrogen-bond acceptors (Lipinski definition) is 3. The Balaban J connectivity index is 2.09. The summed E-state index contributed by atoms with van der Waals surface area (Å²) in [5.41, 5.74) is -0.219. The van der Waals surface area contributed by atoms with Gasteiger partial charge in [0, 0.05) is 13.1 Å². The Labute approximate surface area is 79.3 Å². The van der Waals surface area contributed by atoms with Gasteiger partial charge in [0.05, 0.1) is 5.54 Å². The zero-order valence-corrected chi connectivity index (χ0v) is 7.82. The Kier molecular flexibility index (Phi) is 1.98. The minimum absolute atomic E-state index is 0.219. The zero-order chi connectivity index (χ0) is 9.47. The number of likely N-dealkylation sites (tertiary alicyclic amines) is 1. The predicted molar refractivity (Wildman–Crippen MR) is 48.4 cm³/mol. The van der Waals surface area contributed by atoms with Gasteiger partial charge in [-0.15, -0.1) is 0 Å². The second-order valence-corrected chi connectivity index (χ2v) is 3.95. The van der Waals surface area contributed by atoms with Crippen LogP contribution in [0.5, 0.6) is 0 Å². The number of ether oxygens (including phenoxy) is 1. The second-order valence-electron chi connectivity index (χ2n) is 3.95. The molecule has 2 heterocycles. The smallest absolute Gasteiger partial charge is 0.397 e. The molecule has 0 aromatic carbocycles. The Morgan fingerprint density at radius 2 is 2.08 bits per heavy atom. The van der Waals surface area contributed by atoms with Gasteiger partial charge in [0.25, 0.3) is 0 Å². The number of nitrogens with zero attached hydrogens (tertiary/aromatic N) is 2. The van der Waals surface area contributed by atoms with Gasteiger partial charge in [-0.25, -0.2) is 4.79 Å². The fourth-order valence-electron chi connectivity index (χ4n) is 1.95.